The summed E-state index contributed by atoms with van der Waals surface area (Å²) in [5.41, 5.74) is 5.91. The van der Waals surface area contributed by atoms with Crippen LogP contribution in [0.5, 0.6) is 11.5 Å². The Hall–Kier alpha value is -1.29. The van der Waals surface area contributed by atoms with E-state index >= 15 is 0 Å². The smallest absolute Gasteiger partial charge is 0.134 e. The van der Waals surface area contributed by atoms with Crippen molar-refractivity contribution < 1.29 is 13.9 Å². The normalized spacial score (nSPS) is 17.2. The summed E-state index contributed by atoms with van der Waals surface area (Å²) in [7, 11) is 3.16. The minimum atomic E-state index is -1.48. The van der Waals surface area contributed by atoms with Gasteiger partial charge in [0, 0.05) is 23.1 Å². The molecular formula is C15H22FNO2. The number of rotatable bonds is 5. The maximum atomic E-state index is 14.3. The van der Waals surface area contributed by atoms with Crippen LogP contribution in [0.3, 0.4) is 0 Å². The lowest BCUT2D eigenvalue weighted by Gasteiger charge is -2.24. The highest BCUT2D eigenvalue weighted by Gasteiger charge is 2.45. The molecule has 2 N–H and O–H groups in total. The lowest BCUT2D eigenvalue weighted by molar-refractivity contribution is 0.212. The summed E-state index contributed by atoms with van der Waals surface area (Å²) >= 11 is 0. The Kier molecular flexibility index (Phi) is 3.47. The van der Waals surface area contributed by atoms with Crippen LogP contribution in [0.2, 0.25) is 0 Å². The third-order valence-corrected chi connectivity index (χ3v) is 3.98. The second-order valence-corrected chi connectivity index (χ2v) is 5.71. The van der Waals surface area contributed by atoms with Gasteiger partial charge >= 0.3 is 0 Å². The third-order valence-electron chi connectivity index (χ3n) is 3.98. The van der Waals surface area contributed by atoms with Crippen molar-refractivity contribution in [1.29, 1.82) is 0 Å². The SMILES string of the molecule is COc1cc(C2(CN)CC2)c(OC)cc1C(C)(C)F. The Labute approximate surface area is 113 Å². The Balaban J connectivity index is 2.58. The fourth-order valence-electron chi connectivity index (χ4n) is 2.51. The van der Waals surface area contributed by atoms with Crippen LogP contribution in [0.25, 0.3) is 0 Å². The molecule has 0 aliphatic heterocycles. The highest BCUT2D eigenvalue weighted by Crippen LogP contribution is 2.52. The van der Waals surface area contributed by atoms with Crippen LogP contribution in [0, 0.1) is 0 Å². The van der Waals surface area contributed by atoms with Crippen molar-refractivity contribution in [3.63, 3.8) is 0 Å². The molecule has 4 heteroatoms. The average molecular weight is 267 g/mol. The number of halogens is 1. The van der Waals surface area contributed by atoms with Gasteiger partial charge in [0.1, 0.15) is 17.2 Å². The summed E-state index contributed by atoms with van der Waals surface area (Å²) in [5.74, 6) is 1.26. The first-order valence-electron chi connectivity index (χ1n) is 6.54. The number of hydrogen-bond acceptors (Lipinski definition) is 3. The second-order valence-electron chi connectivity index (χ2n) is 5.71. The molecule has 106 valence electrons. The molecule has 2 rings (SSSR count). The fraction of sp³-hybridized carbons (Fsp3) is 0.600. The Morgan fingerprint density at radius 2 is 1.79 bits per heavy atom. The Morgan fingerprint density at radius 3 is 2.16 bits per heavy atom. The standard InChI is InChI=1S/C15H22FNO2/c1-14(2,16)10-7-13(19-4)11(8-12(10)18-3)15(9-17)5-6-15/h7-8H,5-6,9,17H2,1-4H3. The molecule has 1 aromatic carbocycles. The molecule has 0 bridgehead atoms. The zero-order valence-electron chi connectivity index (χ0n) is 12.0. The molecule has 0 radical (unpaired) electrons. The number of alkyl halides is 1. The molecule has 1 aromatic rings. The van der Waals surface area contributed by atoms with Crippen LogP contribution < -0.4 is 15.2 Å². The van der Waals surface area contributed by atoms with Crippen LogP contribution >= 0.6 is 0 Å². The maximum Gasteiger partial charge on any atom is 0.134 e. The quantitative estimate of drug-likeness (QED) is 0.892. The number of nitrogens with two attached hydrogens (primary N) is 1. The van der Waals surface area contributed by atoms with Gasteiger partial charge in [0.15, 0.2) is 0 Å². The van der Waals surface area contributed by atoms with E-state index in [0.29, 0.717) is 23.6 Å². The van der Waals surface area contributed by atoms with Gasteiger partial charge in [-0.25, -0.2) is 4.39 Å². The van der Waals surface area contributed by atoms with Gasteiger partial charge in [-0.2, -0.15) is 0 Å². The summed E-state index contributed by atoms with van der Waals surface area (Å²) in [5, 5.41) is 0. The zero-order chi connectivity index (χ0) is 14.3. The van der Waals surface area contributed by atoms with E-state index in [-0.39, 0.29) is 5.41 Å². The van der Waals surface area contributed by atoms with Gasteiger partial charge in [0.05, 0.1) is 14.2 Å². The Morgan fingerprint density at radius 1 is 1.21 bits per heavy atom. The molecule has 0 aromatic heterocycles. The summed E-state index contributed by atoms with van der Waals surface area (Å²) in [6.07, 6.45) is 2.09. The van der Waals surface area contributed by atoms with E-state index in [1.807, 2.05) is 6.07 Å². The van der Waals surface area contributed by atoms with Crippen LogP contribution in [-0.4, -0.2) is 20.8 Å². The van der Waals surface area contributed by atoms with Gasteiger partial charge in [-0.1, -0.05) is 0 Å². The van der Waals surface area contributed by atoms with Gasteiger partial charge in [-0.05, 0) is 38.8 Å². The summed E-state index contributed by atoms with van der Waals surface area (Å²) < 4.78 is 25.0. The molecule has 0 saturated heterocycles. The van der Waals surface area contributed by atoms with Crippen molar-refractivity contribution in [1.82, 2.24) is 0 Å². The van der Waals surface area contributed by atoms with Crippen LogP contribution in [0.1, 0.15) is 37.8 Å². The molecule has 0 unspecified atom stereocenters. The van der Waals surface area contributed by atoms with E-state index in [0.717, 1.165) is 18.4 Å². The Bertz CT molecular complexity index is 476. The van der Waals surface area contributed by atoms with Crippen molar-refractivity contribution in [3.05, 3.63) is 23.3 Å². The molecule has 1 saturated carbocycles. The summed E-state index contributed by atoms with van der Waals surface area (Å²) in [6.45, 7) is 3.60. The van der Waals surface area contributed by atoms with Gasteiger partial charge < -0.3 is 15.2 Å². The summed E-state index contributed by atoms with van der Waals surface area (Å²) in [6, 6.07) is 3.62. The topological polar surface area (TPSA) is 44.5 Å². The van der Waals surface area contributed by atoms with E-state index in [9.17, 15) is 4.39 Å². The zero-order valence-corrected chi connectivity index (χ0v) is 12.0. The highest BCUT2D eigenvalue weighted by atomic mass is 19.1. The van der Waals surface area contributed by atoms with E-state index in [2.05, 4.69) is 0 Å². The molecule has 0 amide bonds. The van der Waals surface area contributed by atoms with Crippen LogP contribution in [0.4, 0.5) is 4.39 Å². The number of methoxy groups -OCH3 is 2. The fourth-order valence-corrected chi connectivity index (χ4v) is 2.51. The third kappa shape index (κ3) is 2.41. The molecule has 0 spiro atoms. The van der Waals surface area contributed by atoms with E-state index < -0.39 is 5.67 Å². The second kappa shape index (κ2) is 4.67. The van der Waals surface area contributed by atoms with Crippen molar-refractivity contribution in [2.75, 3.05) is 20.8 Å². The first-order valence-corrected chi connectivity index (χ1v) is 6.54. The molecule has 19 heavy (non-hydrogen) atoms. The predicted octanol–water partition coefficient (Wildman–Crippen LogP) is 2.90. The minimum absolute atomic E-state index is 0.0163. The van der Waals surface area contributed by atoms with Crippen LogP contribution in [-0.2, 0) is 11.1 Å². The molecular weight excluding hydrogens is 245 g/mol. The van der Waals surface area contributed by atoms with Crippen molar-refractivity contribution in [2.45, 2.75) is 37.8 Å². The number of hydrogen-bond donors (Lipinski definition) is 1. The van der Waals surface area contributed by atoms with Gasteiger partial charge in [0.2, 0.25) is 0 Å². The van der Waals surface area contributed by atoms with Crippen LogP contribution in [0.15, 0.2) is 12.1 Å². The van der Waals surface area contributed by atoms with Gasteiger partial charge in [0.25, 0.3) is 0 Å². The van der Waals surface area contributed by atoms with Crippen molar-refractivity contribution in [3.8, 4) is 11.5 Å². The highest BCUT2D eigenvalue weighted by molar-refractivity contribution is 5.53. The van der Waals surface area contributed by atoms with E-state index in [1.165, 1.54) is 13.8 Å². The minimum Gasteiger partial charge on any atom is -0.496 e. The predicted molar refractivity (Wildman–Crippen MR) is 73.6 cm³/mol. The van der Waals surface area contributed by atoms with Crippen molar-refractivity contribution >= 4 is 0 Å². The summed E-state index contributed by atoms with van der Waals surface area (Å²) in [4.78, 5) is 0. The molecule has 1 aliphatic carbocycles. The molecule has 1 aliphatic rings. The molecule has 0 heterocycles. The molecule has 0 atom stereocenters. The van der Waals surface area contributed by atoms with Crippen molar-refractivity contribution in [2.24, 2.45) is 5.73 Å². The van der Waals surface area contributed by atoms with Gasteiger partial charge in [-0.3, -0.25) is 0 Å². The maximum absolute atomic E-state index is 14.3. The van der Waals surface area contributed by atoms with E-state index in [4.69, 9.17) is 15.2 Å². The monoisotopic (exact) mass is 267 g/mol. The lowest BCUT2D eigenvalue weighted by atomic mass is 9.90. The molecule has 3 nitrogen and oxygen atoms in total. The average Bonchev–Trinajstić information content (AvgIpc) is 3.17. The van der Waals surface area contributed by atoms with E-state index in [1.54, 1.807) is 20.3 Å². The number of benzene rings is 1. The largest absolute Gasteiger partial charge is 0.496 e. The molecule has 1 fully saturated rings. The first kappa shape index (κ1) is 14.1. The first-order chi connectivity index (χ1) is 8.88. The lowest BCUT2D eigenvalue weighted by Crippen LogP contribution is -2.21. The number of ether oxygens (including phenoxy) is 2. The van der Waals surface area contributed by atoms with Gasteiger partial charge in [-0.15, -0.1) is 0 Å².